The van der Waals surface area contributed by atoms with Gasteiger partial charge in [0.05, 0.1) is 7.11 Å². The number of allylic oxidation sites excluding steroid dienone is 2. The SMILES string of the molecule is COC(=O)/C=C(\C=C\C(=O)O)CCc1ccccc1. The second kappa shape index (κ2) is 7.87. The van der Waals surface area contributed by atoms with E-state index < -0.39 is 11.9 Å². The Morgan fingerprint density at radius 3 is 2.47 bits per heavy atom. The molecule has 0 spiro atoms. The first-order valence-electron chi connectivity index (χ1n) is 5.85. The van der Waals surface area contributed by atoms with E-state index in [1.54, 1.807) is 0 Å². The summed E-state index contributed by atoms with van der Waals surface area (Å²) in [6.07, 6.45) is 5.04. The number of aryl methyl sites for hydroxylation is 1. The average Bonchev–Trinajstić information content (AvgIpc) is 2.42. The molecule has 0 aliphatic rings. The van der Waals surface area contributed by atoms with Crippen molar-refractivity contribution in [2.24, 2.45) is 0 Å². The quantitative estimate of drug-likeness (QED) is 0.484. The van der Waals surface area contributed by atoms with Gasteiger partial charge in [-0.15, -0.1) is 0 Å². The van der Waals surface area contributed by atoms with E-state index in [9.17, 15) is 9.59 Å². The molecule has 0 fully saturated rings. The Balaban J connectivity index is 2.72. The second-order valence-electron chi connectivity index (χ2n) is 3.90. The lowest BCUT2D eigenvalue weighted by atomic mass is 10.0. The molecule has 0 aliphatic carbocycles. The van der Waals surface area contributed by atoms with Crippen LogP contribution >= 0.6 is 0 Å². The van der Waals surface area contributed by atoms with Crippen LogP contribution in [0.25, 0.3) is 0 Å². The molecule has 0 radical (unpaired) electrons. The summed E-state index contributed by atoms with van der Waals surface area (Å²) < 4.78 is 4.54. The molecule has 0 bridgehead atoms. The van der Waals surface area contributed by atoms with Crippen molar-refractivity contribution in [2.75, 3.05) is 7.11 Å². The Bertz CT molecular complexity index is 486. The number of ether oxygens (including phenoxy) is 1. The van der Waals surface area contributed by atoms with Crippen LogP contribution in [-0.4, -0.2) is 24.2 Å². The van der Waals surface area contributed by atoms with Gasteiger partial charge in [0.15, 0.2) is 0 Å². The summed E-state index contributed by atoms with van der Waals surface area (Å²) in [5.74, 6) is -1.53. The van der Waals surface area contributed by atoms with E-state index >= 15 is 0 Å². The number of carboxylic acid groups (broad SMARTS) is 1. The molecule has 0 unspecified atom stereocenters. The van der Waals surface area contributed by atoms with Crippen LogP contribution in [0.4, 0.5) is 0 Å². The summed E-state index contributed by atoms with van der Waals surface area (Å²) >= 11 is 0. The minimum Gasteiger partial charge on any atom is -0.478 e. The molecule has 1 N–H and O–H groups in total. The van der Waals surface area contributed by atoms with Crippen LogP contribution in [0.15, 0.2) is 54.1 Å². The molecule has 0 amide bonds. The number of hydrogen-bond donors (Lipinski definition) is 1. The lowest BCUT2D eigenvalue weighted by Gasteiger charge is -2.03. The largest absolute Gasteiger partial charge is 0.478 e. The fourth-order valence-electron chi connectivity index (χ4n) is 1.53. The molecule has 4 nitrogen and oxygen atoms in total. The van der Waals surface area contributed by atoms with E-state index in [1.165, 1.54) is 19.3 Å². The van der Waals surface area contributed by atoms with Crippen LogP contribution in [0.3, 0.4) is 0 Å². The van der Waals surface area contributed by atoms with Crippen molar-refractivity contribution < 1.29 is 19.4 Å². The number of carboxylic acids is 1. The van der Waals surface area contributed by atoms with E-state index in [1.807, 2.05) is 30.3 Å². The molecule has 0 saturated heterocycles. The summed E-state index contributed by atoms with van der Waals surface area (Å²) in [6.45, 7) is 0. The topological polar surface area (TPSA) is 63.6 Å². The first-order chi connectivity index (χ1) is 9.11. The van der Waals surface area contributed by atoms with E-state index in [2.05, 4.69) is 4.74 Å². The third kappa shape index (κ3) is 6.21. The van der Waals surface area contributed by atoms with Crippen molar-refractivity contribution in [1.29, 1.82) is 0 Å². The maximum Gasteiger partial charge on any atom is 0.330 e. The number of carbonyl (C=O) groups excluding carboxylic acids is 1. The molecule has 100 valence electrons. The predicted molar refractivity (Wildman–Crippen MR) is 71.6 cm³/mol. The van der Waals surface area contributed by atoms with Gasteiger partial charge in [0.2, 0.25) is 0 Å². The minimum atomic E-state index is -1.05. The normalized spacial score (nSPS) is 11.5. The Morgan fingerprint density at radius 1 is 1.21 bits per heavy atom. The molecule has 0 saturated carbocycles. The number of benzene rings is 1. The highest BCUT2D eigenvalue weighted by Crippen LogP contribution is 2.10. The van der Waals surface area contributed by atoms with Gasteiger partial charge in [-0.05, 0) is 24.0 Å². The molecule has 0 aliphatic heterocycles. The highest BCUT2D eigenvalue weighted by atomic mass is 16.5. The summed E-state index contributed by atoms with van der Waals surface area (Å²) in [5, 5.41) is 8.61. The van der Waals surface area contributed by atoms with Gasteiger partial charge in [-0.25, -0.2) is 9.59 Å². The Hall–Kier alpha value is -2.36. The van der Waals surface area contributed by atoms with Gasteiger partial charge in [-0.3, -0.25) is 0 Å². The van der Waals surface area contributed by atoms with Crippen molar-refractivity contribution in [3.8, 4) is 0 Å². The molecule has 4 heteroatoms. The average molecular weight is 260 g/mol. The zero-order valence-electron chi connectivity index (χ0n) is 10.7. The number of esters is 1. The first kappa shape index (κ1) is 14.7. The maximum atomic E-state index is 11.2. The summed E-state index contributed by atoms with van der Waals surface area (Å²) in [4.78, 5) is 21.7. The monoisotopic (exact) mass is 260 g/mol. The third-order valence-electron chi connectivity index (χ3n) is 2.49. The number of methoxy groups -OCH3 is 1. The van der Waals surface area contributed by atoms with E-state index in [0.717, 1.165) is 18.1 Å². The summed E-state index contributed by atoms with van der Waals surface area (Å²) in [5.41, 5.74) is 1.75. The van der Waals surface area contributed by atoms with Gasteiger partial charge in [0.25, 0.3) is 0 Å². The summed E-state index contributed by atoms with van der Waals surface area (Å²) in [7, 11) is 1.29. The lowest BCUT2D eigenvalue weighted by molar-refractivity contribution is -0.135. The fraction of sp³-hybridized carbons (Fsp3) is 0.200. The zero-order valence-corrected chi connectivity index (χ0v) is 10.7. The highest BCUT2D eigenvalue weighted by molar-refractivity contribution is 5.84. The van der Waals surface area contributed by atoms with Crippen molar-refractivity contribution >= 4 is 11.9 Å². The van der Waals surface area contributed by atoms with Gasteiger partial charge in [-0.2, -0.15) is 0 Å². The van der Waals surface area contributed by atoms with E-state index in [4.69, 9.17) is 5.11 Å². The zero-order chi connectivity index (χ0) is 14.1. The minimum absolute atomic E-state index is 0.488. The predicted octanol–water partition coefficient (Wildman–Crippen LogP) is 2.36. The van der Waals surface area contributed by atoms with Crippen molar-refractivity contribution in [2.45, 2.75) is 12.8 Å². The maximum absolute atomic E-state index is 11.2. The molecule has 1 aromatic carbocycles. The molecule has 19 heavy (non-hydrogen) atoms. The molecule has 0 aromatic heterocycles. The highest BCUT2D eigenvalue weighted by Gasteiger charge is 2.01. The van der Waals surface area contributed by atoms with Gasteiger partial charge >= 0.3 is 11.9 Å². The molecule has 0 atom stereocenters. The van der Waals surface area contributed by atoms with Crippen molar-refractivity contribution in [3.63, 3.8) is 0 Å². The van der Waals surface area contributed by atoms with Crippen LogP contribution < -0.4 is 0 Å². The van der Waals surface area contributed by atoms with Gasteiger partial charge in [0.1, 0.15) is 0 Å². The molecule has 1 aromatic rings. The van der Waals surface area contributed by atoms with Crippen molar-refractivity contribution in [3.05, 3.63) is 59.7 Å². The Morgan fingerprint density at radius 2 is 1.89 bits per heavy atom. The number of carbonyl (C=O) groups is 2. The number of hydrogen-bond acceptors (Lipinski definition) is 3. The lowest BCUT2D eigenvalue weighted by Crippen LogP contribution is -1.98. The Kier molecular flexibility index (Phi) is 6.09. The second-order valence-corrected chi connectivity index (χ2v) is 3.90. The van der Waals surface area contributed by atoms with E-state index in [0.29, 0.717) is 12.0 Å². The van der Waals surface area contributed by atoms with Crippen LogP contribution in [-0.2, 0) is 20.7 Å². The molecular weight excluding hydrogens is 244 g/mol. The van der Waals surface area contributed by atoms with Gasteiger partial charge < -0.3 is 9.84 Å². The smallest absolute Gasteiger partial charge is 0.330 e. The standard InChI is InChI=1S/C15H16O4/c1-19-15(18)11-13(9-10-14(16)17)8-7-12-5-3-2-4-6-12/h2-6,9-11H,7-8H2,1H3,(H,16,17)/b10-9+,13-11-. The van der Waals surface area contributed by atoms with Crippen LogP contribution in [0.1, 0.15) is 12.0 Å². The molecule has 0 heterocycles. The number of rotatable bonds is 6. The summed E-state index contributed by atoms with van der Waals surface area (Å²) in [6, 6.07) is 9.77. The number of aliphatic carboxylic acids is 1. The van der Waals surface area contributed by atoms with Crippen molar-refractivity contribution in [1.82, 2.24) is 0 Å². The Labute approximate surface area is 112 Å². The van der Waals surface area contributed by atoms with Crippen LogP contribution in [0.2, 0.25) is 0 Å². The fourth-order valence-corrected chi connectivity index (χ4v) is 1.53. The van der Waals surface area contributed by atoms with E-state index in [-0.39, 0.29) is 0 Å². The van der Waals surface area contributed by atoms with Gasteiger partial charge in [-0.1, -0.05) is 36.4 Å². The first-order valence-corrected chi connectivity index (χ1v) is 5.85. The molecular formula is C15H16O4. The third-order valence-corrected chi connectivity index (χ3v) is 2.49. The van der Waals surface area contributed by atoms with Crippen LogP contribution in [0, 0.1) is 0 Å². The van der Waals surface area contributed by atoms with Gasteiger partial charge in [0, 0.05) is 12.2 Å². The molecule has 1 rings (SSSR count). The van der Waals surface area contributed by atoms with Crippen LogP contribution in [0.5, 0.6) is 0 Å².